The zero-order valence-corrected chi connectivity index (χ0v) is 13.4. The van der Waals surface area contributed by atoms with Crippen LogP contribution in [0.3, 0.4) is 0 Å². The first-order valence-corrected chi connectivity index (χ1v) is 8.48. The summed E-state index contributed by atoms with van der Waals surface area (Å²) in [5.74, 6) is 0. The first-order chi connectivity index (χ1) is 9.05. The van der Waals surface area contributed by atoms with E-state index >= 15 is 0 Å². The third-order valence-corrected chi connectivity index (χ3v) is 5.26. The lowest BCUT2D eigenvalue weighted by atomic mass is 9.76. The minimum absolute atomic E-state index is 0.412. The largest absolute Gasteiger partial charge is 0.316 e. The predicted octanol–water partition coefficient (Wildman–Crippen LogP) is 3.67. The van der Waals surface area contributed by atoms with Crippen molar-refractivity contribution >= 4 is 0 Å². The third kappa shape index (κ3) is 4.46. The molecule has 0 aromatic rings. The Bertz CT molecular complexity index is 256. The van der Waals surface area contributed by atoms with Crippen molar-refractivity contribution in [2.45, 2.75) is 65.7 Å². The Hall–Kier alpha value is -0.0800. The molecule has 2 heteroatoms. The second-order valence-corrected chi connectivity index (χ2v) is 7.82. The second-order valence-electron chi connectivity index (χ2n) is 7.82. The molecule has 0 atom stereocenters. The summed E-state index contributed by atoms with van der Waals surface area (Å²) >= 11 is 0. The Morgan fingerprint density at radius 3 is 2.26 bits per heavy atom. The van der Waals surface area contributed by atoms with Gasteiger partial charge < -0.3 is 10.2 Å². The van der Waals surface area contributed by atoms with Gasteiger partial charge in [-0.3, -0.25) is 0 Å². The van der Waals surface area contributed by atoms with Gasteiger partial charge in [-0.2, -0.15) is 0 Å². The molecule has 112 valence electrons. The van der Waals surface area contributed by atoms with Crippen LogP contribution in [-0.4, -0.2) is 37.6 Å². The zero-order valence-electron chi connectivity index (χ0n) is 13.4. The lowest BCUT2D eigenvalue weighted by Gasteiger charge is -2.42. The van der Waals surface area contributed by atoms with Gasteiger partial charge in [0.2, 0.25) is 0 Å². The first-order valence-electron chi connectivity index (χ1n) is 8.48. The van der Waals surface area contributed by atoms with Gasteiger partial charge in [0.1, 0.15) is 0 Å². The molecule has 0 aromatic heterocycles. The summed E-state index contributed by atoms with van der Waals surface area (Å²) in [6, 6.07) is 0. The van der Waals surface area contributed by atoms with Crippen LogP contribution in [0, 0.1) is 10.8 Å². The molecule has 0 bridgehead atoms. The molecule has 1 aliphatic heterocycles. The fraction of sp³-hybridized carbons (Fsp3) is 1.00. The normalized spacial score (nSPS) is 24.2. The van der Waals surface area contributed by atoms with E-state index in [1.165, 1.54) is 64.6 Å². The standard InChI is InChI=1S/C17H34N2/c1-4-11-18-14-16(2,3)15-19-12-9-17(10-13-19)7-5-6-8-17/h18H,4-15H2,1-3H3. The van der Waals surface area contributed by atoms with Crippen molar-refractivity contribution in [2.24, 2.45) is 10.8 Å². The van der Waals surface area contributed by atoms with Crippen LogP contribution in [0.4, 0.5) is 0 Å². The summed E-state index contributed by atoms with van der Waals surface area (Å²) in [4.78, 5) is 2.72. The molecule has 0 amide bonds. The molecule has 2 rings (SSSR count). The van der Waals surface area contributed by atoms with Gasteiger partial charge in [-0.25, -0.2) is 0 Å². The zero-order chi connectivity index (χ0) is 13.8. The van der Waals surface area contributed by atoms with Gasteiger partial charge in [0.25, 0.3) is 0 Å². The van der Waals surface area contributed by atoms with Crippen LogP contribution >= 0.6 is 0 Å². The van der Waals surface area contributed by atoms with Gasteiger partial charge in [0.05, 0.1) is 0 Å². The van der Waals surface area contributed by atoms with E-state index in [2.05, 4.69) is 31.0 Å². The van der Waals surface area contributed by atoms with Crippen molar-refractivity contribution in [3.05, 3.63) is 0 Å². The van der Waals surface area contributed by atoms with Crippen LogP contribution in [0.25, 0.3) is 0 Å². The molecule has 19 heavy (non-hydrogen) atoms. The lowest BCUT2D eigenvalue weighted by Crippen LogP contribution is -2.45. The maximum atomic E-state index is 3.59. The van der Waals surface area contributed by atoms with Crippen molar-refractivity contribution in [2.75, 3.05) is 32.7 Å². The van der Waals surface area contributed by atoms with E-state index in [4.69, 9.17) is 0 Å². The summed E-state index contributed by atoms with van der Waals surface area (Å²) in [6.07, 6.45) is 10.2. The molecule has 1 N–H and O–H groups in total. The molecular weight excluding hydrogens is 232 g/mol. The van der Waals surface area contributed by atoms with Crippen LogP contribution in [0.5, 0.6) is 0 Å². The molecule has 0 unspecified atom stereocenters. The van der Waals surface area contributed by atoms with Crippen LogP contribution in [0.2, 0.25) is 0 Å². The average molecular weight is 266 g/mol. The number of piperidine rings is 1. The monoisotopic (exact) mass is 266 g/mol. The van der Waals surface area contributed by atoms with Crippen LogP contribution in [-0.2, 0) is 0 Å². The molecule has 1 spiro atoms. The van der Waals surface area contributed by atoms with E-state index in [0.29, 0.717) is 5.41 Å². The maximum absolute atomic E-state index is 3.59. The summed E-state index contributed by atoms with van der Waals surface area (Å²) in [5, 5.41) is 3.59. The van der Waals surface area contributed by atoms with Crippen molar-refractivity contribution in [1.82, 2.24) is 10.2 Å². The molecule has 1 heterocycles. The van der Waals surface area contributed by atoms with Gasteiger partial charge in [-0.05, 0) is 62.6 Å². The van der Waals surface area contributed by atoms with Crippen molar-refractivity contribution in [3.63, 3.8) is 0 Å². The number of hydrogen-bond donors (Lipinski definition) is 1. The van der Waals surface area contributed by atoms with Gasteiger partial charge in [0, 0.05) is 13.1 Å². The predicted molar refractivity (Wildman–Crippen MR) is 83.5 cm³/mol. The Morgan fingerprint density at radius 2 is 1.68 bits per heavy atom. The summed E-state index contributed by atoms with van der Waals surface area (Å²) in [6.45, 7) is 13.3. The number of rotatable bonds is 6. The highest BCUT2D eigenvalue weighted by Crippen LogP contribution is 2.46. The van der Waals surface area contributed by atoms with E-state index in [0.717, 1.165) is 18.5 Å². The number of likely N-dealkylation sites (tertiary alicyclic amines) is 1. The molecule has 0 aromatic carbocycles. The summed E-state index contributed by atoms with van der Waals surface area (Å²) in [5.41, 5.74) is 1.18. The van der Waals surface area contributed by atoms with E-state index in [-0.39, 0.29) is 0 Å². The Labute approximate surface area is 120 Å². The molecule has 0 radical (unpaired) electrons. The molecule has 1 saturated carbocycles. The average Bonchev–Trinajstić information content (AvgIpc) is 2.81. The van der Waals surface area contributed by atoms with Crippen molar-refractivity contribution in [3.8, 4) is 0 Å². The molecule has 1 saturated heterocycles. The summed E-state index contributed by atoms with van der Waals surface area (Å²) in [7, 11) is 0. The molecule has 2 fully saturated rings. The van der Waals surface area contributed by atoms with Gasteiger partial charge in [0.15, 0.2) is 0 Å². The van der Waals surface area contributed by atoms with E-state index in [9.17, 15) is 0 Å². The number of hydrogen-bond acceptors (Lipinski definition) is 2. The highest BCUT2D eigenvalue weighted by atomic mass is 15.1. The third-order valence-electron chi connectivity index (χ3n) is 5.26. The first kappa shape index (κ1) is 15.3. The minimum Gasteiger partial charge on any atom is -0.316 e. The topological polar surface area (TPSA) is 15.3 Å². The number of nitrogens with one attached hydrogen (secondary N) is 1. The van der Waals surface area contributed by atoms with Gasteiger partial charge >= 0.3 is 0 Å². The van der Waals surface area contributed by atoms with Crippen LogP contribution in [0.1, 0.15) is 65.7 Å². The fourth-order valence-corrected chi connectivity index (χ4v) is 4.08. The maximum Gasteiger partial charge on any atom is 0.00448 e. The minimum atomic E-state index is 0.412. The van der Waals surface area contributed by atoms with Crippen molar-refractivity contribution < 1.29 is 0 Å². The quantitative estimate of drug-likeness (QED) is 0.738. The Balaban J connectivity index is 1.72. The second kappa shape index (κ2) is 6.58. The highest BCUT2D eigenvalue weighted by Gasteiger charge is 2.37. The Kier molecular flexibility index (Phi) is 5.30. The molecule has 1 aliphatic carbocycles. The van der Waals surface area contributed by atoms with Crippen LogP contribution < -0.4 is 5.32 Å². The summed E-state index contributed by atoms with van der Waals surface area (Å²) < 4.78 is 0. The van der Waals surface area contributed by atoms with Gasteiger partial charge in [-0.15, -0.1) is 0 Å². The highest BCUT2D eigenvalue weighted by molar-refractivity contribution is 4.90. The fourth-order valence-electron chi connectivity index (χ4n) is 4.08. The van der Waals surface area contributed by atoms with Gasteiger partial charge in [-0.1, -0.05) is 33.6 Å². The van der Waals surface area contributed by atoms with E-state index in [1.807, 2.05) is 0 Å². The SMILES string of the molecule is CCCNCC(C)(C)CN1CCC2(CCCC2)CC1. The number of nitrogens with zero attached hydrogens (tertiary/aromatic N) is 1. The van der Waals surface area contributed by atoms with Crippen molar-refractivity contribution in [1.29, 1.82) is 0 Å². The van der Waals surface area contributed by atoms with E-state index < -0.39 is 0 Å². The smallest absolute Gasteiger partial charge is 0.00448 e. The molecule has 2 aliphatic rings. The van der Waals surface area contributed by atoms with E-state index in [1.54, 1.807) is 0 Å². The molecule has 2 nitrogen and oxygen atoms in total. The van der Waals surface area contributed by atoms with Crippen LogP contribution in [0.15, 0.2) is 0 Å². The molecular formula is C17H34N2. The Morgan fingerprint density at radius 1 is 1.05 bits per heavy atom. The lowest BCUT2D eigenvalue weighted by molar-refractivity contribution is 0.0781.